The molecule has 124 valence electrons. The van der Waals surface area contributed by atoms with Crippen molar-refractivity contribution in [3.63, 3.8) is 0 Å². The maximum absolute atomic E-state index is 11.1. The van der Waals surface area contributed by atoms with Gasteiger partial charge < -0.3 is 10.5 Å². The van der Waals surface area contributed by atoms with Crippen LogP contribution in [-0.2, 0) is 13.0 Å². The van der Waals surface area contributed by atoms with E-state index in [1.165, 1.54) is 10.4 Å². The summed E-state index contributed by atoms with van der Waals surface area (Å²) < 4.78 is 5.84. The number of hydrogen-bond acceptors (Lipinski definition) is 5. The molecule has 1 aromatic carbocycles. The summed E-state index contributed by atoms with van der Waals surface area (Å²) in [7, 11) is 0. The highest BCUT2D eigenvalue weighted by Gasteiger charge is 2.13. The number of rotatable bonds is 6. The molecule has 0 atom stereocenters. The van der Waals surface area contributed by atoms with Gasteiger partial charge in [0.15, 0.2) is 0 Å². The minimum absolute atomic E-state index is 0.437. The number of aryl methyl sites for hydroxylation is 2. The van der Waals surface area contributed by atoms with Crippen molar-refractivity contribution in [2.24, 2.45) is 5.73 Å². The van der Waals surface area contributed by atoms with Crippen molar-refractivity contribution in [3.05, 3.63) is 56.7 Å². The predicted molar refractivity (Wildman–Crippen MR) is 98.8 cm³/mol. The van der Waals surface area contributed by atoms with Gasteiger partial charge in [0.25, 0.3) is 0 Å². The summed E-state index contributed by atoms with van der Waals surface area (Å²) in [4.78, 5) is 18.3. The minimum Gasteiger partial charge on any atom is -0.488 e. The third-order valence-corrected chi connectivity index (χ3v) is 5.58. The maximum atomic E-state index is 11.1. The van der Waals surface area contributed by atoms with Gasteiger partial charge in [-0.25, -0.2) is 4.98 Å². The number of aromatic nitrogens is 1. The molecule has 24 heavy (non-hydrogen) atoms. The van der Waals surface area contributed by atoms with Crippen molar-refractivity contribution in [2.75, 3.05) is 0 Å². The average Bonchev–Trinajstić information content (AvgIpc) is 3.19. The van der Waals surface area contributed by atoms with Crippen molar-refractivity contribution in [1.82, 2.24) is 4.98 Å². The Bertz CT molecular complexity index is 850. The molecule has 0 saturated carbocycles. The number of ether oxygens (including phenoxy) is 1. The van der Waals surface area contributed by atoms with Crippen LogP contribution in [0.2, 0.25) is 0 Å². The van der Waals surface area contributed by atoms with Gasteiger partial charge in [-0.1, -0.05) is 6.92 Å². The molecule has 2 heterocycles. The zero-order valence-corrected chi connectivity index (χ0v) is 15.2. The van der Waals surface area contributed by atoms with Gasteiger partial charge in [0.2, 0.25) is 5.91 Å². The van der Waals surface area contributed by atoms with Gasteiger partial charge in [-0.15, -0.1) is 22.7 Å². The normalized spacial score (nSPS) is 10.8. The molecule has 3 aromatic rings. The molecule has 0 bridgehead atoms. The number of thiazole rings is 1. The second-order valence-electron chi connectivity index (χ2n) is 5.37. The first-order valence-electron chi connectivity index (χ1n) is 7.63. The first-order valence-corrected chi connectivity index (χ1v) is 9.33. The number of hydrogen-bond donors (Lipinski definition) is 1. The van der Waals surface area contributed by atoms with Crippen LogP contribution in [0.25, 0.3) is 10.6 Å². The van der Waals surface area contributed by atoms with Gasteiger partial charge in [0.05, 0.1) is 10.6 Å². The van der Waals surface area contributed by atoms with Gasteiger partial charge in [-0.2, -0.15) is 0 Å². The molecule has 2 aromatic heterocycles. The molecule has 0 fully saturated rings. The van der Waals surface area contributed by atoms with E-state index in [1.54, 1.807) is 46.9 Å². The number of thiophene rings is 1. The van der Waals surface area contributed by atoms with Crippen molar-refractivity contribution in [1.29, 1.82) is 0 Å². The van der Waals surface area contributed by atoms with E-state index in [2.05, 4.69) is 25.3 Å². The number of carbonyl (C=O) groups excluding carboxylic acids is 1. The van der Waals surface area contributed by atoms with E-state index in [4.69, 9.17) is 15.5 Å². The van der Waals surface area contributed by atoms with Gasteiger partial charge in [-0.05, 0) is 43.7 Å². The lowest BCUT2D eigenvalue weighted by atomic mass is 10.2. The van der Waals surface area contributed by atoms with Crippen molar-refractivity contribution in [3.8, 4) is 16.3 Å². The molecule has 0 radical (unpaired) electrons. The largest absolute Gasteiger partial charge is 0.488 e. The van der Waals surface area contributed by atoms with E-state index in [-0.39, 0.29) is 0 Å². The van der Waals surface area contributed by atoms with Gasteiger partial charge in [0, 0.05) is 21.4 Å². The van der Waals surface area contributed by atoms with Crippen LogP contribution in [-0.4, -0.2) is 10.9 Å². The SMILES string of the molecule is CCc1nc(-c2csc(C)c2)sc1COc1ccc(C(N)=O)cc1. The standard InChI is InChI=1S/C18H18N2O2S2/c1-3-15-16(24-18(20-15)13-8-11(2)23-10-13)9-22-14-6-4-12(5-7-14)17(19)21/h4-8,10H,3,9H2,1-2H3,(H2,19,21). The molecule has 0 aliphatic carbocycles. The Morgan fingerprint density at radius 1 is 1.29 bits per heavy atom. The zero-order valence-electron chi connectivity index (χ0n) is 13.5. The van der Waals surface area contributed by atoms with E-state index in [0.717, 1.165) is 22.0 Å². The quantitative estimate of drug-likeness (QED) is 0.709. The van der Waals surface area contributed by atoms with Crippen LogP contribution >= 0.6 is 22.7 Å². The topological polar surface area (TPSA) is 65.2 Å². The fraction of sp³-hybridized carbons (Fsp3) is 0.222. The Hall–Kier alpha value is -2.18. The van der Waals surface area contributed by atoms with Crippen molar-refractivity contribution in [2.45, 2.75) is 26.9 Å². The highest BCUT2D eigenvalue weighted by Crippen LogP contribution is 2.32. The number of nitrogens with two attached hydrogens (primary N) is 1. The molecule has 0 spiro atoms. The van der Waals surface area contributed by atoms with Crippen LogP contribution in [0.15, 0.2) is 35.7 Å². The van der Waals surface area contributed by atoms with Crippen molar-refractivity contribution >= 4 is 28.6 Å². The lowest BCUT2D eigenvalue weighted by Crippen LogP contribution is -2.10. The molecule has 0 aliphatic rings. The monoisotopic (exact) mass is 358 g/mol. The summed E-state index contributed by atoms with van der Waals surface area (Å²) >= 11 is 3.41. The molecule has 4 nitrogen and oxygen atoms in total. The Kier molecular flexibility index (Phi) is 4.97. The predicted octanol–water partition coefficient (Wildman–Crippen LogP) is 4.42. The smallest absolute Gasteiger partial charge is 0.248 e. The molecular formula is C18H18N2O2S2. The third kappa shape index (κ3) is 3.66. The van der Waals surface area contributed by atoms with Crippen LogP contribution in [0.4, 0.5) is 0 Å². The highest BCUT2D eigenvalue weighted by molar-refractivity contribution is 7.16. The van der Waals surface area contributed by atoms with Crippen LogP contribution < -0.4 is 10.5 Å². The molecule has 3 rings (SSSR count). The van der Waals surface area contributed by atoms with Crippen LogP contribution in [0.1, 0.15) is 32.7 Å². The number of primary amides is 1. The molecular weight excluding hydrogens is 340 g/mol. The lowest BCUT2D eigenvalue weighted by Gasteiger charge is -2.06. The van der Waals surface area contributed by atoms with E-state index in [0.29, 0.717) is 17.9 Å². The summed E-state index contributed by atoms with van der Waals surface area (Å²) in [6, 6.07) is 9.02. The molecule has 6 heteroatoms. The van der Waals surface area contributed by atoms with E-state index in [9.17, 15) is 4.79 Å². The lowest BCUT2D eigenvalue weighted by molar-refractivity contribution is 0.100. The number of carbonyl (C=O) groups is 1. The second kappa shape index (κ2) is 7.15. The summed E-state index contributed by atoms with van der Waals surface area (Å²) in [5, 5.41) is 3.18. The van der Waals surface area contributed by atoms with Gasteiger partial charge >= 0.3 is 0 Å². The van der Waals surface area contributed by atoms with Crippen molar-refractivity contribution < 1.29 is 9.53 Å². The first kappa shape index (κ1) is 16.7. The number of amides is 1. The van der Waals surface area contributed by atoms with E-state index < -0.39 is 5.91 Å². The fourth-order valence-electron chi connectivity index (χ4n) is 2.32. The molecule has 0 unspecified atom stereocenters. The van der Waals surface area contributed by atoms with E-state index in [1.807, 2.05) is 0 Å². The molecule has 0 aliphatic heterocycles. The minimum atomic E-state index is -0.437. The molecule has 1 amide bonds. The maximum Gasteiger partial charge on any atom is 0.248 e. The number of nitrogens with zero attached hydrogens (tertiary/aromatic N) is 1. The molecule has 2 N–H and O–H groups in total. The summed E-state index contributed by atoms with van der Waals surface area (Å²) in [5.74, 6) is 0.274. The van der Waals surface area contributed by atoms with E-state index >= 15 is 0 Å². The average molecular weight is 358 g/mol. The Morgan fingerprint density at radius 2 is 2.04 bits per heavy atom. The zero-order chi connectivity index (χ0) is 17.1. The van der Waals surface area contributed by atoms with Gasteiger partial charge in [0.1, 0.15) is 17.4 Å². The van der Waals surface area contributed by atoms with Crippen LogP contribution in [0.5, 0.6) is 5.75 Å². The number of benzene rings is 1. The second-order valence-corrected chi connectivity index (χ2v) is 7.56. The van der Waals surface area contributed by atoms with Gasteiger partial charge in [-0.3, -0.25) is 4.79 Å². The van der Waals surface area contributed by atoms with Crippen LogP contribution in [0, 0.1) is 6.92 Å². The highest BCUT2D eigenvalue weighted by atomic mass is 32.1. The summed E-state index contributed by atoms with van der Waals surface area (Å²) in [6.07, 6.45) is 0.874. The first-order chi connectivity index (χ1) is 11.6. The third-order valence-electron chi connectivity index (χ3n) is 3.60. The fourth-order valence-corrected chi connectivity index (χ4v) is 4.13. The summed E-state index contributed by atoms with van der Waals surface area (Å²) in [5.41, 5.74) is 7.97. The Labute approximate surface area is 148 Å². The molecule has 0 saturated heterocycles. The Morgan fingerprint density at radius 3 is 2.62 bits per heavy atom. The Balaban J connectivity index is 1.74. The summed E-state index contributed by atoms with van der Waals surface area (Å²) in [6.45, 7) is 4.67. The van der Waals surface area contributed by atoms with Crippen LogP contribution in [0.3, 0.4) is 0 Å².